The highest BCUT2D eigenvalue weighted by Crippen LogP contribution is 2.05. The summed E-state index contributed by atoms with van der Waals surface area (Å²) >= 11 is 0. The van der Waals surface area contributed by atoms with Crippen molar-refractivity contribution in [3.63, 3.8) is 0 Å². The van der Waals surface area contributed by atoms with Crippen LogP contribution in [0.5, 0.6) is 0 Å². The van der Waals surface area contributed by atoms with Gasteiger partial charge >= 0.3 is 0 Å². The van der Waals surface area contributed by atoms with Crippen molar-refractivity contribution in [2.75, 3.05) is 13.2 Å². The van der Waals surface area contributed by atoms with E-state index in [1.54, 1.807) is 0 Å². The van der Waals surface area contributed by atoms with Crippen LogP contribution in [-0.2, 0) is 0 Å². The van der Waals surface area contributed by atoms with Crippen LogP contribution >= 0.6 is 12.4 Å². The fourth-order valence-corrected chi connectivity index (χ4v) is 0.954. The van der Waals surface area contributed by atoms with E-state index in [2.05, 4.69) is 5.32 Å². The lowest BCUT2D eigenvalue weighted by molar-refractivity contribution is 0.0295. The molecule has 0 bridgehead atoms. The van der Waals surface area contributed by atoms with Crippen molar-refractivity contribution < 1.29 is 15.3 Å². The Kier molecular flexibility index (Phi) is 4.15. The Hall–Kier alpha value is 0.130. The van der Waals surface area contributed by atoms with Crippen molar-refractivity contribution in [1.29, 1.82) is 0 Å². The molecule has 0 aromatic carbocycles. The quantitative estimate of drug-likeness (QED) is 0.370. The van der Waals surface area contributed by atoms with Gasteiger partial charge in [-0.1, -0.05) is 0 Å². The molecule has 1 saturated heterocycles. The molecule has 0 saturated carbocycles. The minimum atomic E-state index is -0.810. The molecule has 1 rings (SSSR count). The Morgan fingerprint density at radius 3 is 2.20 bits per heavy atom. The normalized spacial score (nSPS) is 39.3. The number of nitrogens with one attached hydrogen (secondary N) is 1. The van der Waals surface area contributed by atoms with Crippen LogP contribution in [0.4, 0.5) is 0 Å². The van der Waals surface area contributed by atoms with E-state index in [4.69, 9.17) is 15.3 Å². The highest BCUT2D eigenvalue weighted by Gasteiger charge is 2.31. The third-order valence-electron chi connectivity index (χ3n) is 1.59. The number of β-amino-alcohol motifs (C(OH)–C–C–N with tert-alkyl or cyclic N) is 1. The predicted molar refractivity (Wildman–Crippen MR) is 38.1 cm³/mol. The first-order chi connectivity index (χ1) is 4.25. The van der Waals surface area contributed by atoms with Gasteiger partial charge < -0.3 is 20.6 Å². The van der Waals surface area contributed by atoms with Crippen molar-refractivity contribution in [3.05, 3.63) is 0 Å². The molecule has 10 heavy (non-hydrogen) atoms. The number of hydrogen-bond donors (Lipinski definition) is 4. The van der Waals surface area contributed by atoms with Crippen LogP contribution in [0.3, 0.4) is 0 Å². The van der Waals surface area contributed by atoms with Crippen LogP contribution in [0.1, 0.15) is 0 Å². The first kappa shape index (κ1) is 10.1. The Morgan fingerprint density at radius 2 is 2.00 bits per heavy atom. The van der Waals surface area contributed by atoms with Crippen molar-refractivity contribution in [3.8, 4) is 0 Å². The Morgan fingerprint density at radius 1 is 1.40 bits per heavy atom. The monoisotopic (exact) mass is 169 g/mol. The molecule has 1 aliphatic heterocycles. The third kappa shape index (κ3) is 1.81. The van der Waals surface area contributed by atoms with Gasteiger partial charge in [0.2, 0.25) is 0 Å². The minimum Gasteiger partial charge on any atom is -0.395 e. The maximum atomic E-state index is 8.98. The van der Waals surface area contributed by atoms with E-state index in [9.17, 15) is 0 Å². The summed E-state index contributed by atoms with van der Waals surface area (Å²) in [5.41, 5.74) is 0. The van der Waals surface area contributed by atoms with Crippen LogP contribution in [0.25, 0.3) is 0 Å². The summed E-state index contributed by atoms with van der Waals surface area (Å²) in [5, 5.41) is 29.1. The lowest BCUT2D eigenvalue weighted by Crippen LogP contribution is -2.35. The van der Waals surface area contributed by atoms with Crippen LogP contribution in [0.15, 0.2) is 0 Å². The molecule has 1 heterocycles. The van der Waals surface area contributed by atoms with Gasteiger partial charge in [0.1, 0.15) is 0 Å². The molecule has 0 aliphatic carbocycles. The van der Waals surface area contributed by atoms with Gasteiger partial charge in [0.25, 0.3) is 0 Å². The predicted octanol–water partition coefficient (Wildman–Crippen LogP) is -1.91. The van der Waals surface area contributed by atoms with Gasteiger partial charge in [-0.25, -0.2) is 0 Å². The van der Waals surface area contributed by atoms with E-state index in [1.807, 2.05) is 0 Å². The SMILES string of the molecule is Cl.OC[C@H]1NC[C@H](O)[C@@H]1O. The summed E-state index contributed by atoms with van der Waals surface area (Å²) < 4.78 is 0. The van der Waals surface area contributed by atoms with Crippen LogP contribution in [0, 0.1) is 0 Å². The molecule has 0 radical (unpaired) electrons. The zero-order valence-electron chi connectivity index (χ0n) is 5.40. The zero-order valence-corrected chi connectivity index (χ0v) is 6.21. The maximum absolute atomic E-state index is 8.98. The summed E-state index contributed by atoms with van der Waals surface area (Å²) in [4.78, 5) is 0. The smallest absolute Gasteiger partial charge is 0.0986 e. The number of rotatable bonds is 1. The second kappa shape index (κ2) is 4.10. The van der Waals surface area contributed by atoms with E-state index in [0.717, 1.165) is 0 Å². The Labute approximate surface area is 65.3 Å². The highest BCUT2D eigenvalue weighted by molar-refractivity contribution is 5.85. The molecule has 62 valence electrons. The molecule has 0 spiro atoms. The summed E-state index contributed by atoms with van der Waals surface area (Å²) in [7, 11) is 0. The number of halogens is 1. The van der Waals surface area contributed by atoms with Crippen molar-refractivity contribution in [2.45, 2.75) is 18.2 Å². The average molecular weight is 170 g/mol. The van der Waals surface area contributed by atoms with Crippen molar-refractivity contribution in [2.24, 2.45) is 0 Å². The molecule has 0 aromatic rings. The maximum Gasteiger partial charge on any atom is 0.0986 e. The lowest BCUT2D eigenvalue weighted by atomic mass is 10.1. The van der Waals surface area contributed by atoms with E-state index in [-0.39, 0.29) is 25.1 Å². The average Bonchev–Trinajstić information content (AvgIpc) is 2.15. The van der Waals surface area contributed by atoms with Crippen LogP contribution in [-0.4, -0.2) is 46.7 Å². The van der Waals surface area contributed by atoms with E-state index < -0.39 is 12.2 Å². The van der Waals surface area contributed by atoms with Gasteiger partial charge in [0.15, 0.2) is 0 Å². The topological polar surface area (TPSA) is 72.7 Å². The van der Waals surface area contributed by atoms with Gasteiger partial charge in [-0.05, 0) is 0 Å². The number of aliphatic hydroxyl groups is 3. The summed E-state index contributed by atoms with van der Waals surface area (Å²) in [6.07, 6.45) is -1.53. The fourth-order valence-electron chi connectivity index (χ4n) is 0.954. The largest absolute Gasteiger partial charge is 0.395 e. The van der Waals surface area contributed by atoms with Gasteiger partial charge in [-0.15, -0.1) is 12.4 Å². The van der Waals surface area contributed by atoms with E-state index in [1.165, 1.54) is 0 Å². The second-order valence-corrected chi connectivity index (χ2v) is 2.26. The second-order valence-electron chi connectivity index (χ2n) is 2.26. The van der Waals surface area contributed by atoms with Crippen molar-refractivity contribution in [1.82, 2.24) is 5.32 Å². The molecule has 5 heteroatoms. The standard InChI is InChI=1S/C5H11NO3.ClH/c7-2-3-5(9)4(8)1-6-3;/h3-9H,1-2H2;1H/t3-,4+,5-;/m1./s1. The van der Waals surface area contributed by atoms with Gasteiger partial charge in [-0.3, -0.25) is 0 Å². The molecule has 1 fully saturated rings. The zero-order chi connectivity index (χ0) is 6.85. The molecule has 0 aromatic heterocycles. The van der Waals surface area contributed by atoms with Gasteiger partial charge in [0, 0.05) is 6.54 Å². The molecule has 0 amide bonds. The fraction of sp³-hybridized carbons (Fsp3) is 1.00. The lowest BCUT2D eigenvalue weighted by Gasteiger charge is -2.11. The summed E-state index contributed by atoms with van der Waals surface area (Å²) in [6.45, 7) is 0.241. The number of hydrogen-bond acceptors (Lipinski definition) is 4. The molecule has 1 aliphatic rings. The van der Waals surface area contributed by atoms with E-state index >= 15 is 0 Å². The Bertz CT molecular complexity index is 103. The summed E-state index contributed by atoms with van der Waals surface area (Å²) in [6, 6.07) is -0.347. The van der Waals surface area contributed by atoms with Crippen LogP contribution in [0.2, 0.25) is 0 Å². The van der Waals surface area contributed by atoms with Crippen molar-refractivity contribution >= 4 is 12.4 Å². The van der Waals surface area contributed by atoms with Crippen LogP contribution < -0.4 is 5.32 Å². The Balaban J connectivity index is 0.000000810. The highest BCUT2D eigenvalue weighted by atomic mass is 35.5. The third-order valence-corrected chi connectivity index (χ3v) is 1.59. The first-order valence-corrected chi connectivity index (χ1v) is 2.96. The van der Waals surface area contributed by atoms with Gasteiger partial charge in [-0.2, -0.15) is 0 Å². The minimum absolute atomic E-state index is 0. The summed E-state index contributed by atoms with van der Waals surface area (Å²) in [5.74, 6) is 0. The van der Waals surface area contributed by atoms with E-state index in [0.29, 0.717) is 6.54 Å². The molecule has 4 nitrogen and oxygen atoms in total. The molecule has 4 N–H and O–H groups in total. The molecule has 0 unspecified atom stereocenters. The number of aliphatic hydroxyl groups excluding tert-OH is 3. The molecular formula is C5H12ClNO3. The molecule has 3 atom stereocenters. The first-order valence-electron chi connectivity index (χ1n) is 2.96. The molecular weight excluding hydrogens is 158 g/mol. The van der Waals surface area contributed by atoms with Gasteiger partial charge in [0.05, 0.1) is 24.9 Å².